The average Bonchev–Trinajstić information content (AvgIpc) is 2.49. The smallest absolute Gasteiger partial charge is 0.307 e. The van der Waals surface area contributed by atoms with Gasteiger partial charge in [0.25, 0.3) is 5.69 Å². The van der Waals surface area contributed by atoms with Gasteiger partial charge in [-0.3, -0.25) is 19.7 Å². The van der Waals surface area contributed by atoms with E-state index in [2.05, 4.69) is 0 Å². The summed E-state index contributed by atoms with van der Waals surface area (Å²) in [6.07, 6.45) is 0.223. The van der Waals surface area contributed by atoms with E-state index in [-0.39, 0.29) is 23.8 Å². The van der Waals surface area contributed by atoms with Gasteiger partial charge in [-0.15, -0.1) is 23.4 Å². The third-order valence-electron chi connectivity index (χ3n) is 3.82. The third-order valence-corrected chi connectivity index (χ3v) is 5.82. The van der Waals surface area contributed by atoms with Crippen LogP contribution in [0.4, 0.5) is 5.69 Å². The number of alkyl halides is 1. The van der Waals surface area contributed by atoms with Gasteiger partial charge in [-0.25, -0.2) is 0 Å². The van der Waals surface area contributed by atoms with Gasteiger partial charge in [0.15, 0.2) is 0 Å². The number of hydrogen-bond donors (Lipinski definition) is 2. The van der Waals surface area contributed by atoms with Crippen molar-refractivity contribution in [3.05, 3.63) is 34.4 Å². The van der Waals surface area contributed by atoms with E-state index in [1.165, 1.54) is 23.9 Å². The van der Waals surface area contributed by atoms with Gasteiger partial charge in [0.05, 0.1) is 16.8 Å². The van der Waals surface area contributed by atoms with Crippen LogP contribution < -0.4 is 0 Å². The molecule has 124 valence electrons. The maximum Gasteiger partial charge on any atom is 0.307 e. The summed E-state index contributed by atoms with van der Waals surface area (Å²) in [7, 11) is 0. The molecular weight excluding hydrogens is 346 g/mol. The third kappa shape index (κ3) is 4.14. The Morgan fingerprint density at radius 2 is 1.65 bits per heavy atom. The maximum atomic E-state index is 11.3. The number of benzene rings is 1. The number of halogens is 1. The molecule has 0 amide bonds. The van der Waals surface area contributed by atoms with Crippen LogP contribution in [0.5, 0.6) is 0 Å². The second-order valence-electron chi connectivity index (χ2n) is 5.28. The predicted octanol–water partition coefficient (Wildman–Crippen LogP) is 2.86. The number of thioether (sulfide) groups is 1. The van der Waals surface area contributed by atoms with Gasteiger partial charge in [0.2, 0.25) is 0 Å². The van der Waals surface area contributed by atoms with Crippen LogP contribution in [0.3, 0.4) is 0 Å². The van der Waals surface area contributed by atoms with Crippen LogP contribution in [0, 0.1) is 22.0 Å². The lowest BCUT2D eigenvalue weighted by Gasteiger charge is -2.34. The van der Waals surface area contributed by atoms with E-state index in [0.717, 1.165) is 4.90 Å². The van der Waals surface area contributed by atoms with Crippen molar-refractivity contribution in [3.8, 4) is 0 Å². The van der Waals surface area contributed by atoms with E-state index in [4.69, 9.17) is 16.7 Å². The first-order valence-corrected chi connectivity index (χ1v) is 8.12. The lowest BCUT2D eigenvalue weighted by atomic mass is 9.79. The van der Waals surface area contributed by atoms with Crippen LogP contribution in [0.25, 0.3) is 0 Å². The number of rotatable bonds is 5. The summed E-state index contributed by atoms with van der Waals surface area (Å²) in [6.45, 7) is 0. The minimum atomic E-state index is -1.15. The fraction of sp³-hybridized carbons (Fsp3) is 0.429. The molecule has 0 saturated heterocycles. The Hall–Kier alpha value is -1.80. The highest BCUT2D eigenvalue weighted by atomic mass is 35.5. The molecule has 23 heavy (non-hydrogen) atoms. The summed E-state index contributed by atoms with van der Waals surface area (Å²) >= 11 is 7.55. The van der Waals surface area contributed by atoms with Crippen LogP contribution in [0.2, 0.25) is 0 Å². The van der Waals surface area contributed by atoms with Crippen molar-refractivity contribution in [2.45, 2.75) is 28.4 Å². The quantitative estimate of drug-likeness (QED) is 0.471. The highest BCUT2D eigenvalue weighted by Crippen LogP contribution is 2.42. The summed E-state index contributed by atoms with van der Waals surface area (Å²) in [5.41, 5.74) is -0.0326. The first kappa shape index (κ1) is 17.6. The fourth-order valence-corrected chi connectivity index (χ4v) is 4.26. The van der Waals surface area contributed by atoms with Crippen molar-refractivity contribution in [2.24, 2.45) is 11.8 Å². The van der Waals surface area contributed by atoms with Crippen molar-refractivity contribution in [3.63, 3.8) is 0 Å². The molecule has 0 aliphatic heterocycles. The average molecular weight is 360 g/mol. The SMILES string of the molecule is O=C(O)[C@H]1C[C@H](Sc2ccc([N+](=O)[O-])cc2)[C@@H](Cl)C[C@H]1C(=O)O. The Morgan fingerprint density at radius 1 is 1.13 bits per heavy atom. The molecule has 0 heterocycles. The zero-order valence-corrected chi connectivity index (χ0v) is 13.4. The molecule has 4 atom stereocenters. The number of carbonyl (C=O) groups is 2. The monoisotopic (exact) mass is 359 g/mol. The Kier molecular flexibility index (Phi) is 5.48. The molecular formula is C14H14ClNO6S. The lowest BCUT2D eigenvalue weighted by Crippen LogP contribution is -2.41. The van der Waals surface area contributed by atoms with E-state index >= 15 is 0 Å². The van der Waals surface area contributed by atoms with E-state index in [0.29, 0.717) is 0 Å². The number of aliphatic carboxylic acids is 2. The summed E-state index contributed by atoms with van der Waals surface area (Å²) in [5.74, 6) is -4.28. The van der Waals surface area contributed by atoms with Crippen LogP contribution in [0.1, 0.15) is 12.8 Å². The Balaban J connectivity index is 2.11. The van der Waals surface area contributed by atoms with Gasteiger partial charge in [0, 0.05) is 27.7 Å². The Labute approximate surface area is 140 Å². The van der Waals surface area contributed by atoms with Gasteiger partial charge >= 0.3 is 11.9 Å². The molecule has 1 aliphatic carbocycles. The molecule has 0 bridgehead atoms. The van der Waals surface area contributed by atoms with E-state index < -0.39 is 34.1 Å². The van der Waals surface area contributed by atoms with Gasteiger partial charge in [-0.05, 0) is 25.0 Å². The molecule has 0 unspecified atom stereocenters. The topological polar surface area (TPSA) is 118 Å². The van der Waals surface area contributed by atoms with Crippen molar-refractivity contribution < 1.29 is 24.7 Å². The van der Waals surface area contributed by atoms with Crippen molar-refractivity contribution in [1.82, 2.24) is 0 Å². The molecule has 7 nitrogen and oxygen atoms in total. The summed E-state index contributed by atoms with van der Waals surface area (Å²) < 4.78 is 0. The van der Waals surface area contributed by atoms with Gasteiger partial charge in [-0.2, -0.15) is 0 Å². The molecule has 1 aromatic carbocycles. The molecule has 1 fully saturated rings. The van der Waals surface area contributed by atoms with Crippen molar-refractivity contribution in [1.29, 1.82) is 0 Å². The number of nitrogens with zero attached hydrogens (tertiary/aromatic N) is 1. The number of nitro benzene ring substituents is 1. The maximum absolute atomic E-state index is 11.3. The van der Waals surface area contributed by atoms with Crippen LogP contribution in [-0.2, 0) is 9.59 Å². The normalized spacial score (nSPS) is 27.3. The Morgan fingerprint density at radius 3 is 2.13 bits per heavy atom. The van der Waals surface area contributed by atoms with Crippen LogP contribution in [-0.4, -0.2) is 37.7 Å². The number of nitro groups is 1. The van der Waals surface area contributed by atoms with Crippen LogP contribution >= 0.6 is 23.4 Å². The second-order valence-corrected chi connectivity index (χ2v) is 7.16. The molecule has 2 N–H and O–H groups in total. The first-order chi connectivity index (χ1) is 10.8. The zero-order chi connectivity index (χ0) is 17.1. The molecule has 1 aliphatic rings. The lowest BCUT2D eigenvalue weighted by molar-refractivity contribution is -0.384. The highest BCUT2D eigenvalue weighted by Gasteiger charge is 2.43. The molecule has 0 radical (unpaired) electrons. The summed E-state index contributed by atoms with van der Waals surface area (Å²) in [6, 6.07) is 5.88. The van der Waals surface area contributed by atoms with E-state index in [1.54, 1.807) is 12.1 Å². The molecule has 1 saturated carbocycles. The number of carboxylic acid groups (broad SMARTS) is 2. The molecule has 0 spiro atoms. The molecule has 9 heteroatoms. The minimum Gasteiger partial charge on any atom is -0.481 e. The number of carboxylic acids is 2. The van der Waals surface area contributed by atoms with Crippen molar-refractivity contribution >= 4 is 41.0 Å². The molecule has 2 rings (SSSR count). The predicted molar refractivity (Wildman–Crippen MR) is 83.9 cm³/mol. The van der Waals surface area contributed by atoms with Crippen molar-refractivity contribution in [2.75, 3.05) is 0 Å². The zero-order valence-electron chi connectivity index (χ0n) is 11.8. The van der Waals surface area contributed by atoms with E-state index in [1.807, 2.05) is 0 Å². The minimum absolute atomic E-state index is 0.0326. The first-order valence-electron chi connectivity index (χ1n) is 6.80. The number of hydrogen-bond acceptors (Lipinski definition) is 5. The van der Waals surface area contributed by atoms with E-state index in [9.17, 15) is 24.8 Å². The van der Waals surface area contributed by atoms with Crippen LogP contribution in [0.15, 0.2) is 29.2 Å². The largest absolute Gasteiger partial charge is 0.481 e. The second kappa shape index (κ2) is 7.18. The van der Waals surface area contributed by atoms with Gasteiger partial charge in [-0.1, -0.05) is 0 Å². The molecule has 0 aromatic heterocycles. The molecule has 1 aromatic rings. The van der Waals surface area contributed by atoms with Gasteiger partial charge in [0.1, 0.15) is 0 Å². The summed E-state index contributed by atoms with van der Waals surface area (Å²) in [5, 5.41) is 28.3. The highest BCUT2D eigenvalue weighted by molar-refractivity contribution is 8.00. The Bertz CT molecular complexity index is 622. The fourth-order valence-electron chi connectivity index (χ4n) is 2.61. The number of non-ortho nitro benzene ring substituents is 1. The standard InChI is InChI=1S/C14H14ClNO6S/c15-11-5-9(13(17)18)10(14(19)20)6-12(11)23-8-3-1-7(2-4-8)16(21)22/h1-4,9-12H,5-6H2,(H,17,18)(H,19,20)/t9-,10+,11+,12+/m1/s1. The summed E-state index contributed by atoms with van der Waals surface area (Å²) in [4.78, 5) is 33.3. The van der Waals surface area contributed by atoms with Gasteiger partial charge < -0.3 is 10.2 Å².